The maximum atomic E-state index is 12.5. The molecule has 25 heavy (non-hydrogen) atoms. The van der Waals surface area contributed by atoms with Crippen LogP contribution in [0.25, 0.3) is 5.13 Å². The Bertz CT molecular complexity index is 872. The van der Waals surface area contributed by atoms with Gasteiger partial charge in [0.05, 0.1) is 14.2 Å². The number of carbonyl (C=O) groups excluding carboxylic acids is 1. The molecule has 3 rings (SSSR count). The Morgan fingerprint density at radius 3 is 2.60 bits per heavy atom. The number of rotatable bonds is 6. The summed E-state index contributed by atoms with van der Waals surface area (Å²) in [7, 11) is 3.17. The smallest absolute Gasteiger partial charge is 0.271 e. The van der Waals surface area contributed by atoms with E-state index >= 15 is 0 Å². The molecular weight excluding hydrogens is 338 g/mol. The zero-order valence-electron chi connectivity index (χ0n) is 14.3. The van der Waals surface area contributed by atoms with Crippen molar-refractivity contribution in [2.24, 2.45) is 0 Å². The van der Waals surface area contributed by atoms with Crippen molar-refractivity contribution in [3.63, 3.8) is 0 Å². The van der Waals surface area contributed by atoms with E-state index < -0.39 is 0 Å². The molecular formula is C18H19N3O3S. The van der Waals surface area contributed by atoms with Crippen molar-refractivity contribution >= 4 is 17.2 Å². The lowest BCUT2D eigenvalue weighted by molar-refractivity contribution is 0.0946. The molecule has 0 radical (unpaired) electrons. The van der Waals surface area contributed by atoms with E-state index in [1.54, 1.807) is 14.2 Å². The summed E-state index contributed by atoms with van der Waals surface area (Å²) in [6.07, 6.45) is 3.81. The van der Waals surface area contributed by atoms with E-state index in [1.807, 2.05) is 54.2 Å². The highest BCUT2D eigenvalue weighted by atomic mass is 32.1. The molecule has 0 unspecified atom stereocenters. The number of methoxy groups -OCH3 is 2. The van der Waals surface area contributed by atoms with Gasteiger partial charge in [-0.2, -0.15) is 0 Å². The Labute approximate surface area is 150 Å². The van der Waals surface area contributed by atoms with Gasteiger partial charge in [-0.1, -0.05) is 6.07 Å². The van der Waals surface area contributed by atoms with E-state index in [1.165, 1.54) is 11.3 Å². The highest BCUT2D eigenvalue weighted by Gasteiger charge is 2.16. The second-order valence-electron chi connectivity index (χ2n) is 5.36. The Kier molecular flexibility index (Phi) is 5.04. The third kappa shape index (κ3) is 3.66. The number of hydrogen-bond donors (Lipinski definition) is 1. The second kappa shape index (κ2) is 7.40. The standard InChI is InChI=1S/C18H19N3O3S/c1-12-16(20-18(25-12)21-8-4-5-9-21)17(22)19-11-13-6-7-14(23-2)15(10-13)24-3/h4-10H,11H2,1-3H3,(H,19,22). The molecule has 0 saturated heterocycles. The van der Waals surface area contributed by atoms with Gasteiger partial charge >= 0.3 is 0 Å². The average Bonchev–Trinajstić information content (AvgIpc) is 3.28. The molecule has 130 valence electrons. The molecule has 0 aliphatic rings. The fourth-order valence-electron chi connectivity index (χ4n) is 2.42. The van der Waals surface area contributed by atoms with Gasteiger partial charge in [0.15, 0.2) is 16.6 Å². The molecule has 6 nitrogen and oxygen atoms in total. The van der Waals surface area contributed by atoms with Crippen molar-refractivity contribution in [2.75, 3.05) is 14.2 Å². The van der Waals surface area contributed by atoms with Gasteiger partial charge in [0.25, 0.3) is 5.91 Å². The summed E-state index contributed by atoms with van der Waals surface area (Å²) in [6.45, 7) is 2.28. The molecule has 0 saturated carbocycles. The highest BCUT2D eigenvalue weighted by molar-refractivity contribution is 7.14. The average molecular weight is 357 g/mol. The van der Waals surface area contributed by atoms with Crippen LogP contribution >= 0.6 is 11.3 Å². The van der Waals surface area contributed by atoms with Gasteiger partial charge in [0.1, 0.15) is 5.69 Å². The predicted molar refractivity (Wildman–Crippen MR) is 96.9 cm³/mol. The third-order valence-electron chi connectivity index (χ3n) is 3.73. The molecule has 0 atom stereocenters. The van der Waals surface area contributed by atoms with Crippen LogP contribution in [-0.2, 0) is 6.54 Å². The summed E-state index contributed by atoms with van der Waals surface area (Å²) >= 11 is 1.49. The summed E-state index contributed by atoms with van der Waals surface area (Å²) in [5.41, 5.74) is 1.37. The molecule has 0 aliphatic carbocycles. The number of nitrogens with zero attached hydrogens (tertiary/aromatic N) is 2. The lowest BCUT2D eigenvalue weighted by atomic mass is 10.2. The first kappa shape index (κ1) is 17.0. The Morgan fingerprint density at radius 2 is 1.92 bits per heavy atom. The van der Waals surface area contributed by atoms with E-state index in [4.69, 9.17) is 9.47 Å². The normalized spacial score (nSPS) is 10.5. The minimum absolute atomic E-state index is 0.193. The Morgan fingerprint density at radius 1 is 1.20 bits per heavy atom. The van der Waals surface area contributed by atoms with E-state index in [9.17, 15) is 4.79 Å². The second-order valence-corrected chi connectivity index (χ2v) is 6.55. The Balaban J connectivity index is 1.71. The topological polar surface area (TPSA) is 65.4 Å². The van der Waals surface area contributed by atoms with Gasteiger partial charge in [0.2, 0.25) is 0 Å². The quantitative estimate of drug-likeness (QED) is 0.736. The predicted octanol–water partition coefficient (Wildman–Crippen LogP) is 3.19. The number of benzene rings is 1. The van der Waals surface area contributed by atoms with Crippen LogP contribution < -0.4 is 14.8 Å². The van der Waals surface area contributed by atoms with Crippen LogP contribution in [0.15, 0.2) is 42.7 Å². The molecule has 0 spiro atoms. The lowest BCUT2D eigenvalue weighted by Crippen LogP contribution is -2.23. The lowest BCUT2D eigenvalue weighted by Gasteiger charge is -2.10. The first-order valence-corrected chi connectivity index (χ1v) is 8.54. The molecule has 1 aromatic carbocycles. The molecule has 7 heteroatoms. The van der Waals surface area contributed by atoms with Crippen LogP contribution in [0.3, 0.4) is 0 Å². The summed E-state index contributed by atoms with van der Waals surface area (Å²) in [4.78, 5) is 17.8. The van der Waals surface area contributed by atoms with E-state index in [2.05, 4.69) is 10.3 Å². The number of aromatic nitrogens is 2. The molecule has 0 bridgehead atoms. The number of hydrogen-bond acceptors (Lipinski definition) is 5. The SMILES string of the molecule is COc1ccc(CNC(=O)c2nc(-n3cccc3)sc2C)cc1OC. The number of thiazole rings is 1. The fourth-order valence-corrected chi connectivity index (χ4v) is 3.30. The van der Waals surface area contributed by atoms with Gasteiger partial charge in [-0.25, -0.2) is 4.98 Å². The van der Waals surface area contributed by atoms with E-state index in [0.717, 1.165) is 15.6 Å². The summed E-state index contributed by atoms with van der Waals surface area (Å²) in [6, 6.07) is 9.40. The minimum Gasteiger partial charge on any atom is -0.493 e. The summed E-state index contributed by atoms with van der Waals surface area (Å²) in [5.74, 6) is 1.10. The van der Waals surface area contributed by atoms with E-state index in [0.29, 0.717) is 23.7 Å². The highest BCUT2D eigenvalue weighted by Crippen LogP contribution is 2.27. The van der Waals surface area contributed by atoms with Crippen LogP contribution in [0.4, 0.5) is 0 Å². The number of amides is 1. The zero-order chi connectivity index (χ0) is 17.8. The third-order valence-corrected chi connectivity index (χ3v) is 4.71. The van der Waals surface area contributed by atoms with Crippen LogP contribution in [0, 0.1) is 6.92 Å². The molecule has 3 aromatic rings. The van der Waals surface area contributed by atoms with Crippen LogP contribution in [0.5, 0.6) is 11.5 Å². The van der Waals surface area contributed by atoms with Crippen molar-refractivity contribution in [1.82, 2.24) is 14.9 Å². The van der Waals surface area contributed by atoms with Gasteiger partial charge in [-0.15, -0.1) is 11.3 Å². The van der Waals surface area contributed by atoms with E-state index in [-0.39, 0.29) is 5.91 Å². The van der Waals surface area contributed by atoms with Gasteiger partial charge in [-0.05, 0) is 36.8 Å². The van der Waals surface area contributed by atoms with Crippen molar-refractivity contribution < 1.29 is 14.3 Å². The zero-order valence-corrected chi connectivity index (χ0v) is 15.1. The molecule has 2 heterocycles. The van der Waals surface area contributed by atoms with Crippen LogP contribution in [0.2, 0.25) is 0 Å². The van der Waals surface area contributed by atoms with Crippen molar-refractivity contribution in [2.45, 2.75) is 13.5 Å². The Hall–Kier alpha value is -2.80. The van der Waals surface area contributed by atoms with Crippen molar-refractivity contribution in [3.8, 4) is 16.6 Å². The molecule has 2 aromatic heterocycles. The number of carbonyl (C=O) groups is 1. The van der Waals surface area contributed by atoms with Crippen molar-refractivity contribution in [1.29, 1.82) is 0 Å². The van der Waals surface area contributed by atoms with Crippen LogP contribution in [0.1, 0.15) is 20.9 Å². The minimum atomic E-state index is -0.193. The number of ether oxygens (including phenoxy) is 2. The first-order chi connectivity index (χ1) is 12.1. The molecule has 1 N–H and O–H groups in total. The maximum Gasteiger partial charge on any atom is 0.271 e. The fraction of sp³-hybridized carbons (Fsp3) is 0.222. The molecule has 0 aliphatic heterocycles. The maximum absolute atomic E-state index is 12.5. The molecule has 1 amide bonds. The van der Waals surface area contributed by atoms with Gasteiger partial charge in [0, 0.05) is 23.8 Å². The summed E-state index contributed by atoms with van der Waals surface area (Å²) < 4.78 is 12.4. The molecule has 0 fully saturated rings. The number of aryl methyl sites for hydroxylation is 1. The van der Waals surface area contributed by atoms with Gasteiger partial charge < -0.3 is 19.4 Å². The summed E-state index contributed by atoms with van der Waals surface area (Å²) in [5, 5.41) is 3.68. The van der Waals surface area contributed by atoms with Crippen LogP contribution in [-0.4, -0.2) is 29.7 Å². The first-order valence-electron chi connectivity index (χ1n) is 7.72. The van der Waals surface area contributed by atoms with Gasteiger partial charge in [-0.3, -0.25) is 4.79 Å². The van der Waals surface area contributed by atoms with Crippen molar-refractivity contribution in [3.05, 3.63) is 58.9 Å². The monoisotopic (exact) mass is 357 g/mol. The largest absolute Gasteiger partial charge is 0.493 e. The number of nitrogens with one attached hydrogen (secondary N) is 1.